The number of alkyl halides is 6. The Hall–Kier alpha value is -2.11. The first-order valence-corrected chi connectivity index (χ1v) is 4.93. The lowest BCUT2D eigenvalue weighted by Gasteiger charge is -2.11. The average Bonchev–Trinajstić information content (AvgIpc) is 2.23. The van der Waals surface area contributed by atoms with Crippen molar-refractivity contribution in [2.75, 3.05) is 0 Å². The molecule has 1 aromatic rings. The van der Waals surface area contributed by atoms with Crippen molar-refractivity contribution < 1.29 is 40.8 Å². The van der Waals surface area contributed by atoms with E-state index in [2.05, 4.69) is 9.72 Å². The highest BCUT2D eigenvalue weighted by molar-refractivity contribution is 6.67. The van der Waals surface area contributed by atoms with Gasteiger partial charge >= 0.3 is 18.4 Å². The SMILES string of the molecule is O=C(Cl)c1cc(OC(F)(F)F)c([N+](=O)[O-])nc1C(F)(F)F. The maximum Gasteiger partial charge on any atom is 0.573 e. The van der Waals surface area contributed by atoms with Crippen molar-refractivity contribution >= 4 is 22.7 Å². The number of carbonyl (C=O) groups excluding carboxylic acids is 1. The van der Waals surface area contributed by atoms with Crippen LogP contribution in [-0.2, 0) is 6.18 Å². The molecular formula is C8HClF6N2O4. The largest absolute Gasteiger partial charge is 0.573 e. The van der Waals surface area contributed by atoms with E-state index in [0.717, 1.165) is 0 Å². The number of aromatic nitrogens is 1. The van der Waals surface area contributed by atoms with Crippen LogP contribution >= 0.6 is 11.6 Å². The molecule has 0 spiro atoms. The van der Waals surface area contributed by atoms with Gasteiger partial charge < -0.3 is 14.9 Å². The molecule has 0 N–H and O–H groups in total. The van der Waals surface area contributed by atoms with Gasteiger partial charge in [0.15, 0.2) is 0 Å². The molecule has 0 aliphatic heterocycles. The van der Waals surface area contributed by atoms with E-state index in [0.29, 0.717) is 0 Å². The van der Waals surface area contributed by atoms with Gasteiger partial charge in [-0.05, 0) is 21.5 Å². The lowest BCUT2D eigenvalue weighted by molar-refractivity contribution is -0.393. The summed E-state index contributed by atoms with van der Waals surface area (Å²) < 4.78 is 77.0. The molecule has 13 heteroatoms. The average molecular weight is 339 g/mol. The Morgan fingerprint density at radius 2 is 1.81 bits per heavy atom. The monoisotopic (exact) mass is 338 g/mol. The van der Waals surface area contributed by atoms with Crippen molar-refractivity contribution in [1.29, 1.82) is 0 Å². The normalized spacial score (nSPS) is 12.1. The Kier molecular flexibility index (Phi) is 4.32. The summed E-state index contributed by atoms with van der Waals surface area (Å²) in [7, 11) is 0. The van der Waals surface area contributed by atoms with Gasteiger partial charge in [0.1, 0.15) is 0 Å². The molecule has 1 rings (SSSR count). The molecule has 0 bridgehead atoms. The van der Waals surface area contributed by atoms with Crippen molar-refractivity contribution in [1.82, 2.24) is 4.98 Å². The number of ether oxygens (including phenoxy) is 1. The minimum atomic E-state index is -5.45. The van der Waals surface area contributed by atoms with E-state index >= 15 is 0 Å². The minimum Gasteiger partial charge on any atom is -0.397 e. The summed E-state index contributed by atoms with van der Waals surface area (Å²) in [6.07, 6.45) is -10.8. The molecule has 0 radical (unpaired) electrons. The Morgan fingerprint density at radius 3 is 2.14 bits per heavy atom. The van der Waals surface area contributed by atoms with Gasteiger partial charge in [-0.1, -0.05) is 0 Å². The molecule has 0 aliphatic rings. The number of nitrogens with zero attached hydrogens (tertiary/aromatic N) is 2. The fourth-order valence-electron chi connectivity index (χ4n) is 1.18. The number of halogens is 7. The summed E-state index contributed by atoms with van der Waals surface area (Å²) in [6, 6.07) is -0.142. The fraction of sp³-hybridized carbons (Fsp3) is 0.250. The minimum absolute atomic E-state index is 0.142. The van der Waals surface area contributed by atoms with Crippen LogP contribution in [0, 0.1) is 10.1 Å². The molecule has 0 aromatic carbocycles. The summed E-state index contributed by atoms with van der Waals surface area (Å²) in [5.74, 6) is -3.55. The van der Waals surface area contributed by atoms with Gasteiger partial charge in [0.25, 0.3) is 10.9 Å². The van der Waals surface area contributed by atoms with E-state index in [1.165, 1.54) is 0 Å². The van der Waals surface area contributed by atoms with Crippen LogP contribution in [0.25, 0.3) is 0 Å². The van der Waals surface area contributed by atoms with Crippen LogP contribution in [0.15, 0.2) is 6.07 Å². The number of hydrogen-bond donors (Lipinski definition) is 0. The van der Waals surface area contributed by atoms with Crippen molar-refractivity contribution in [2.45, 2.75) is 12.5 Å². The van der Waals surface area contributed by atoms with Crippen LogP contribution in [0.4, 0.5) is 32.2 Å². The molecule has 0 fully saturated rings. The summed E-state index contributed by atoms with van der Waals surface area (Å²) >= 11 is 4.80. The zero-order chi connectivity index (χ0) is 16.6. The van der Waals surface area contributed by atoms with Crippen LogP contribution in [-0.4, -0.2) is 21.5 Å². The first kappa shape index (κ1) is 16.9. The first-order valence-electron chi connectivity index (χ1n) is 4.55. The summed E-state index contributed by atoms with van der Waals surface area (Å²) in [5, 5.41) is 8.67. The Labute approximate surface area is 115 Å². The predicted molar refractivity (Wildman–Crippen MR) is 52.8 cm³/mol. The van der Waals surface area contributed by atoms with Gasteiger partial charge in [0.2, 0.25) is 5.75 Å². The van der Waals surface area contributed by atoms with Gasteiger partial charge in [-0.3, -0.25) is 4.79 Å². The lowest BCUT2D eigenvalue weighted by atomic mass is 10.2. The molecule has 21 heavy (non-hydrogen) atoms. The van der Waals surface area contributed by atoms with Gasteiger partial charge in [0, 0.05) is 6.07 Å². The quantitative estimate of drug-likeness (QED) is 0.365. The van der Waals surface area contributed by atoms with Crippen LogP contribution in [0.5, 0.6) is 5.75 Å². The van der Waals surface area contributed by atoms with E-state index in [4.69, 9.17) is 11.6 Å². The maximum atomic E-state index is 12.6. The van der Waals surface area contributed by atoms with Crippen molar-refractivity contribution in [3.63, 3.8) is 0 Å². The van der Waals surface area contributed by atoms with Gasteiger partial charge in [-0.2, -0.15) is 13.2 Å². The molecule has 116 valence electrons. The van der Waals surface area contributed by atoms with E-state index in [-0.39, 0.29) is 6.07 Å². The Morgan fingerprint density at radius 1 is 1.29 bits per heavy atom. The molecular weight excluding hydrogens is 338 g/mol. The molecule has 0 aliphatic carbocycles. The van der Waals surface area contributed by atoms with Crippen LogP contribution in [0.1, 0.15) is 16.1 Å². The van der Waals surface area contributed by atoms with Gasteiger partial charge in [-0.15, -0.1) is 13.2 Å². The van der Waals surface area contributed by atoms with E-state index in [1.54, 1.807) is 0 Å². The van der Waals surface area contributed by atoms with Crippen molar-refractivity contribution in [3.8, 4) is 5.75 Å². The predicted octanol–water partition coefficient (Wildman–Crippen LogP) is 3.29. The molecule has 0 saturated carbocycles. The zero-order valence-corrected chi connectivity index (χ0v) is 10.0. The number of carbonyl (C=O) groups is 1. The molecule has 1 heterocycles. The molecule has 0 saturated heterocycles. The Bertz CT molecular complexity index is 600. The molecule has 1 aromatic heterocycles. The third-order valence-electron chi connectivity index (χ3n) is 1.85. The number of rotatable bonds is 3. The number of hydrogen-bond acceptors (Lipinski definition) is 5. The van der Waals surface area contributed by atoms with E-state index < -0.39 is 45.5 Å². The van der Waals surface area contributed by atoms with Crippen molar-refractivity contribution in [3.05, 3.63) is 27.4 Å². The van der Waals surface area contributed by atoms with E-state index in [9.17, 15) is 41.3 Å². The third kappa shape index (κ3) is 4.18. The number of pyridine rings is 1. The maximum absolute atomic E-state index is 12.6. The standard InChI is InChI=1S/C8HClF6N2O4/c9-5(18)2-1-3(21-8(13,14)15)6(17(19)20)16-4(2)7(10,11)12/h1H. The second-order valence-electron chi connectivity index (χ2n) is 3.28. The molecule has 0 unspecified atom stereocenters. The van der Waals surface area contributed by atoms with Gasteiger partial charge in [-0.25, -0.2) is 0 Å². The number of nitro groups is 1. The lowest BCUT2D eigenvalue weighted by Crippen LogP contribution is -2.21. The van der Waals surface area contributed by atoms with E-state index in [1.807, 2.05) is 0 Å². The fourth-order valence-corrected chi connectivity index (χ4v) is 1.33. The Balaban J connectivity index is 3.63. The zero-order valence-electron chi connectivity index (χ0n) is 9.25. The topological polar surface area (TPSA) is 82.3 Å². The smallest absolute Gasteiger partial charge is 0.397 e. The van der Waals surface area contributed by atoms with Crippen LogP contribution in [0.3, 0.4) is 0 Å². The first-order chi connectivity index (χ1) is 9.33. The summed E-state index contributed by atoms with van der Waals surface area (Å²) in [6.45, 7) is 0. The molecule has 0 atom stereocenters. The second-order valence-corrected chi connectivity index (χ2v) is 3.63. The molecule has 0 amide bonds. The van der Waals surface area contributed by atoms with Gasteiger partial charge in [0.05, 0.1) is 5.56 Å². The highest BCUT2D eigenvalue weighted by Crippen LogP contribution is 2.38. The highest BCUT2D eigenvalue weighted by atomic mass is 35.5. The second kappa shape index (κ2) is 5.35. The summed E-state index contributed by atoms with van der Waals surface area (Å²) in [5.41, 5.74) is -3.60. The van der Waals surface area contributed by atoms with Crippen LogP contribution in [0.2, 0.25) is 0 Å². The van der Waals surface area contributed by atoms with Crippen LogP contribution < -0.4 is 4.74 Å². The molecule has 6 nitrogen and oxygen atoms in total. The summed E-state index contributed by atoms with van der Waals surface area (Å²) in [4.78, 5) is 22.1. The highest BCUT2D eigenvalue weighted by Gasteiger charge is 2.45. The third-order valence-corrected chi connectivity index (χ3v) is 2.05. The van der Waals surface area contributed by atoms with Crippen molar-refractivity contribution in [2.24, 2.45) is 0 Å².